The zero-order valence-electron chi connectivity index (χ0n) is 16.6. The smallest absolute Gasteiger partial charge is 0.240 e. The highest BCUT2D eigenvalue weighted by Crippen LogP contribution is 2.32. The lowest BCUT2D eigenvalue weighted by molar-refractivity contribution is 0.138. The van der Waals surface area contributed by atoms with Crippen LogP contribution in [-0.4, -0.2) is 50.6 Å². The lowest BCUT2D eigenvalue weighted by Crippen LogP contribution is -2.17. The summed E-state index contributed by atoms with van der Waals surface area (Å²) in [7, 11) is -2.42. The Morgan fingerprint density at radius 2 is 2.17 bits per heavy atom. The molecule has 2 unspecified atom stereocenters. The van der Waals surface area contributed by atoms with Gasteiger partial charge in [0.25, 0.3) is 0 Å². The van der Waals surface area contributed by atoms with Crippen LogP contribution in [0.1, 0.15) is 12.0 Å². The molecule has 1 aromatic carbocycles. The highest BCUT2D eigenvalue weighted by molar-refractivity contribution is 8.00. The molecule has 0 radical (unpaired) electrons. The first-order valence-electron chi connectivity index (χ1n) is 9.32. The molecule has 1 aliphatic heterocycles. The number of fused-ring (bicyclic) bond motifs is 1. The average molecular weight is 431 g/mol. The van der Waals surface area contributed by atoms with Gasteiger partial charge in [-0.1, -0.05) is 0 Å². The Bertz CT molecular complexity index is 1200. The van der Waals surface area contributed by atoms with Gasteiger partial charge in [-0.25, -0.2) is 14.2 Å². The van der Waals surface area contributed by atoms with Crippen LogP contribution in [-0.2, 0) is 14.4 Å². The first-order valence-corrected chi connectivity index (χ1v) is 11.5. The zero-order valence-corrected chi connectivity index (χ0v) is 17.5. The molecular formula is C20H22FN5O3S. The number of nitrogens with zero attached hydrogens (tertiary/aromatic N) is 3. The molecule has 4 rings (SSSR count). The Kier molecular flexibility index (Phi) is 5.44. The van der Waals surface area contributed by atoms with Crippen molar-refractivity contribution < 1.29 is 18.1 Å². The van der Waals surface area contributed by atoms with Crippen molar-refractivity contribution in [2.75, 3.05) is 29.5 Å². The number of halogens is 1. The number of pyridine rings is 1. The number of rotatable bonds is 6. The molecule has 158 valence electrons. The summed E-state index contributed by atoms with van der Waals surface area (Å²) in [5.41, 5.74) is 2.66. The van der Waals surface area contributed by atoms with E-state index in [-0.39, 0.29) is 12.0 Å². The van der Waals surface area contributed by atoms with E-state index < -0.39 is 15.7 Å². The molecular weight excluding hydrogens is 409 g/mol. The second-order valence-corrected chi connectivity index (χ2v) is 9.45. The summed E-state index contributed by atoms with van der Waals surface area (Å²) < 4.78 is 39.8. The van der Waals surface area contributed by atoms with Crippen molar-refractivity contribution >= 4 is 43.7 Å². The summed E-state index contributed by atoms with van der Waals surface area (Å²) in [6, 6.07) is 6.44. The van der Waals surface area contributed by atoms with E-state index in [9.17, 15) is 8.60 Å². The van der Waals surface area contributed by atoms with Crippen LogP contribution in [0.25, 0.3) is 10.9 Å². The number of hydrogen-bond donors (Lipinski definition) is 2. The summed E-state index contributed by atoms with van der Waals surface area (Å²) in [6.45, 7) is 2.95. The third-order valence-corrected chi connectivity index (χ3v) is 5.18. The number of benzene rings is 1. The van der Waals surface area contributed by atoms with Gasteiger partial charge in [-0.15, -0.1) is 0 Å². The monoisotopic (exact) mass is 431 g/mol. The van der Waals surface area contributed by atoms with Gasteiger partial charge in [-0.3, -0.25) is 0 Å². The Hall–Kier alpha value is -2.98. The quantitative estimate of drug-likeness (QED) is 0.457. The van der Waals surface area contributed by atoms with E-state index in [0.29, 0.717) is 35.9 Å². The van der Waals surface area contributed by atoms with E-state index in [2.05, 4.69) is 30.9 Å². The van der Waals surface area contributed by atoms with Gasteiger partial charge in [-0.2, -0.15) is 9.37 Å². The molecule has 1 fully saturated rings. The summed E-state index contributed by atoms with van der Waals surface area (Å²) in [4.78, 5) is 12.6. The van der Waals surface area contributed by atoms with Crippen molar-refractivity contribution in [2.45, 2.75) is 19.4 Å². The van der Waals surface area contributed by atoms with Crippen LogP contribution in [0.2, 0.25) is 0 Å². The van der Waals surface area contributed by atoms with Gasteiger partial charge in [0.1, 0.15) is 23.9 Å². The molecule has 0 amide bonds. The SMILES string of the molecule is C=S(C)(=O)Nc1cc(C)c2c(Nc3ccc(F)nc3OC3CCOC3)ncnc2c1. The number of aryl methyl sites for hydroxylation is 1. The summed E-state index contributed by atoms with van der Waals surface area (Å²) in [5.74, 6) is 3.66. The molecule has 8 nitrogen and oxygen atoms in total. The molecule has 1 saturated heterocycles. The fourth-order valence-electron chi connectivity index (χ4n) is 3.29. The van der Waals surface area contributed by atoms with Gasteiger partial charge in [0.2, 0.25) is 11.8 Å². The molecule has 2 aromatic heterocycles. The molecule has 0 spiro atoms. The van der Waals surface area contributed by atoms with Crippen LogP contribution in [0.3, 0.4) is 0 Å². The van der Waals surface area contributed by atoms with Crippen molar-refractivity contribution in [1.29, 1.82) is 0 Å². The van der Waals surface area contributed by atoms with Crippen molar-refractivity contribution in [3.05, 3.63) is 42.1 Å². The van der Waals surface area contributed by atoms with Crippen LogP contribution in [0.15, 0.2) is 30.6 Å². The highest BCUT2D eigenvalue weighted by atomic mass is 32.2. The fourth-order valence-corrected chi connectivity index (χ4v) is 3.91. The van der Waals surface area contributed by atoms with Gasteiger partial charge >= 0.3 is 0 Å². The molecule has 1 aliphatic rings. The van der Waals surface area contributed by atoms with Crippen molar-refractivity contribution in [3.63, 3.8) is 0 Å². The van der Waals surface area contributed by atoms with Gasteiger partial charge in [0.15, 0.2) is 0 Å². The lowest BCUT2D eigenvalue weighted by atomic mass is 10.1. The lowest BCUT2D eigenvalue weighted by Gasteiger charge is -2.17. The largest absolute Gasteiger partial charge is 0.470 e. The maximum Gasteiger partial charge on any atom is 0.240 e. The van der Waals surface area contributed by atoms with Crippen LogP contribution >= 0.6 is 0 Å². The van der Waals surface area contributed by atoms with Crippen LogP contribution in [0, 0.1) is 12.9 Å². The second-order valence-electron chi connectivity index (χ2n) is 7.23. The molecule has 3 aromatic rings. The number of hydrogen-bond acceptors (Lipinski definition) is 7. The zero-order chi connectivity index (χ0) is 21.3. The topological polar surface area (TPSA) is 98.3 Å². The van der Waals surface area contributed by atoms with Gasteiger partial charge in [0, 0.05) is 33.5 Å². The van der Waals surface area contributed by atoms with Gasteiger partial charge < -0.3 is 19.5 Å². The first kappa shape index (κ1) is 20.3. The first-order chi connectivity index (χ1) is 14.3. The van der Waals surface area contributed by atoms with Gasteiger partial charge in [0.05, 0.1) is 18.7 Å². The maximum atomic E-state index is 13.7. The van der Waals surface area contributed by atoms with E-state index in [1.807, 2.05) is 13.0 Å². The molecule has 0 aliphatic carbocycles. The molecule has 0 saturated carbocycles. The number of aromatic nitrogens is 3. The fraction of sp³-hybridized carbons (Fsp3) is 0.300. The normalized spacial score (nSPS) is 18.2. The minimum Gasteiger partial charge on any atom is -0.470 e. The average Bonchev–Trinajstić information content (AvgIpc) is 3.15. The summed E-state index contributed by atoms with van der Waals surface area (Å²) >= 11 is 0. The highest BCUT2D eigenvalue weighted by Gasteiger charge is 2.21. The van der Waals surface area contributed by atoms with Crippen LogP contribution in [0.5, 0.6) is 5.88 Å². The predicted molar refractivity (Wildman–Crippen MR) is 116 cm³/mol. The third kappa shape index (κ3) is 4.60. The van der Waals surface area contributed by atoms with Gasteiger partial charge in [-0.05, 0) is 42.6 Å². The molecule has 3 heterocycles. The summed E-state index contributed by atoms with van der Waals surface area (Å²) in [5, 5.41) is 3.96. The third-order valence-electron chi connectivity index (χ3n) is 4.51. The van der Waals surface area contributed by atoms with Crippen molar-refractivity contribution in [2.24, 2.45) is 0 Å². The van der Waals surface area contributed by atoms with Crippen molar-refractivity contribution in [1.82, 2.24) is 15.0 Å². The Balaban J connectivity index is 1.70. The standard InChI is InChI=1S/C20H22FN5O3S/c1-12-8-13(26-30(2,3)27)9-16-18(12)19(23-11-22-16)24-15-4-5-17(21)25-20(15)29-14-6-7-28-10-14/h4-5,8-9,11,14H,2,6-7,10H2,1,3H3,(H,26,27)(H,22,23,24). The molecule has 10 heteroatoms. The van der Waals surface area contributed by atoms with E-state index in [4.69, 9.17) is 9.47 Å². The number of anilines is 3. The van der Waals surface area contributed by atoms with Crippen molar-refractivity contribution in [3.8, 4) is 5.88 Å². The Labute approximate surface area is 174 Å². The minimum absolute atomic E-state index is 0.149. The van der Waals surface area contributed by atoms with E-state index in [1.165, 1.54) is 18.6 Å². The van der Waals surface area contributed by atoms with E-state index >= 15 is 0 Å². The molecule has 2 N–H and O–H groups in total. The Morgan fingerprint density at radius 1 is 1.33 bits per heavy atom. The molecule has 0 bridgehead atoms. The molecule has 2 atom stereocenters. The van der Waals surface area contributed by atoms with E-state index in [0.717, 1.165) is 17.4 Å². The second kappa shape index (κ2) is 8.04. The van der Waals surface area contributed by atoms with Crippen LogP contribution < -0.4 is 14.8 Å². The summed E-state index contributed by atoms with van der Waals surface area (Å²) in [6.07, 6.45) is 3.49. The molecule has 30 heavy (non-hydrogen) atoms. The number of nitrogens with one attached hydrogen (secondary N) is 2. The van der Waals surface area contributed by atoms with E-state index in [1.54, 1.807) is 12.1 Å². The number of ether oxygens (including phenoxy) is 2. The predicted octanol–water partition coefficient (Wildman–Crippen LogP) is 3.06. The maximum absolute atomic E-state index is 13.7. The van der Waals surface area contributed by atoms with Crippen LogP contribution in [0.4, 0.5) is 21.6 Å². The minimum atomic E-state index is -2.42. The Morgan fingerprint density at radius 3 is 2.90 bits per heavy atom.